The number of alkyl halides is 1. The Balaban J connectivity index is 2.22. The second kappa shape index (κ2) is 5.10. The average molecular weight is 253 g/mol. The maximum absolute atomic E-state index is 13.4. The minimum absolute atomic E-state index is 0.137. The van der Waals surface area contributed by atoms with E-state index >= 15 is 0 Å². The number of hydrogen-bond donors (Lipinski definition) is 0. The van der Waals surface area contributed by atoms with Crippen LogP contribution in [0.15, 0.2) is 30.3 Å². The van der Waals surface area contributed by atoms with Gasteiger partial charge in [-0.2, -0.15) is 5.10 Å². The molecule has 1 aromatic carbocycles. The Labute approximate surface area is 103 Å². The van der Waals surface area contributed by atoms with Gasteiger partial charge in [0.1, 0.15) is 0 Å². The van der Waals surface area contributed by atoms with E-state index in [0.29, 0.717) is 5.69 Å². The normalized spacial score (nSPS) is 10.3. The summed E-state index contributed by atoms with van der Waals surface area (Å²) in [6.07, 6.45) is 0. The molecule has 2 aromatic rings. The van der Waals surface area contributed by atoms with Crippen molar-refractivity contribution in [3.63, 3.8) is 0 Å². The summed E-state index contributed by atoms with van der Waals surface area (Å²) >= 11 is 5.58. The predicted octanol–water partition coefficient (Wildman–Crippen LogP) is 3.46. The number of halogens is 2. The monoisotopic (exact) mass is 252 g/mol. The SMILES string of the molecule is Cc1ccc(F)c(Oc2ccc(CCl)nn2)c1. The molecular weight excluding hydrogens is 243 g/mol. The predicted molar refractivity (Wildman–Crippen MR) is 62.8 cm³/mol. The molecule has 0 saturated heterocycles. The molecule has 0 aliphatic carbocycles. The van der Waals surface area contributed by atoms with Crippen LogP contribution in [-0.2, 0) is 5.88 Å². The molecule has 88 valence electrons. The van der Waals surface area contributed by atoms with Crippen molar-refractivity contribution in [2.45, 2.75) is 12.8 Å². The van der Waals surface area contributed by atoms with E-state index in [2.05, 4.69) is 10.2 Å². The lowest BCUT2D eigenvalue weighted by molar-refractivity contribution is 0.421. The first-order valence-electron chi connectivity index (χ1n) is 5.01. The average Bonchev–Trinajstić information content (AvgIpc) is 2.35. The van der Waals surface area contributed by atoms with E-state index in [1.165, 1.54) is 6.07 Å². The van der Waals surface area contributed by atoms with Crippen LogP contribution in [0.1, 0.15) is 11.3 Å². The lowest BCUT2D eigenvalue weighted by atomic mass is 10.2. The topological polar surface area (TPSA) is 35.0 Å². The van der Waals surface area contributed by atoms with E-state index in [9.17, 15) is 4.39 Å². The van der Waals surface area contributed by atoms with Gasteiger partial charge in [0.25, 0.3) is 0 Å². The highest BCUT2D eigenvalue weighted by Crippen LogP contribution is 2.23. The Hall–Kier alpha value is -1.68. The van der Waals surface area contributed by atoms with Gasteiger partial charge in [0, 0.05) is 6.07 Å². The van der Waals surface area contributed by atoms with E-state index in [0.717, 1.165) is 5.56 Å². The van der Waals surface area contributed by atoms with Gasteiger partial charge in [0.15, 0.2) is 11.6 Å². The number of nitrogens with zero attached hydrogens (tertiary/aromatic N) is 2. The standard InChI is InChI=1S/C12H10ClFN2O/c1-8-2-4-10(14)11(6-8)17-12-5-3-9(7-13)15-16-12/h2-6H,7H2,1H3. The minimum atomic E-state index is -0.432. The van der Waals surface area contributed by atoms with Crippen LogP contribution in [0.4, 0.5) is 4.39 Å². The van der Waals surface area contributed by atoms with Gasteiger partial charge in [-0.15, -0.1) is 16.7 Å². The highest BCUT2D eigenvalue weighted by Gasteiger charge is 2.06. The van der Waals surface area contributed by atoms with Crippen LogP contribution in [0.3, 0.4) is 0 Å². The fourth-order valence-electron chi connectivity index (χ4n) is 1.27. The molecule has 0 radical (unpaired) electrons. The fraction of sp³-hybridized carbons (Fsp3) is 0.167. The Kier molecular flexibility index (Phi) is 3.54. The molecule has 0 unspecified atom stereocenters. The molecule has 0 aliphatic heterocycles. The molecule has 3 nitrogen and oxygen atoms in total. The molecule has 0 fully saturated rings. The third kappa shape index (κ3) is 2.91. The fourth-order valence-corrected chi connectivity index (χ4v) is 1.42. The number of ether oxygens (including phenoxy) is 1. The van der Waals surface area contributed by atoms with Crippen molar-refractivity contribution in [1.82, 2.24) is 10.2 Å². The zero-order valence-corrected chi connectivity index (χ0v) is 9.91. The van der Waals surface area contributed by atoms with Crippen LogP contribution in [0.25, 0.3) is 0 Å². The van der Waals surface area contributed by atoms with Gasteiger partial charge < -0.3 is 4.74 Å². The summed E-state index contributed by atoms with van der Waals surface area (Å²) < 4.78 is 18.7. The van der Waals surface area contributed by atoms with Crippen molar-refractivity contribution in [3.8, 4) is 11.6 Å². The number of aromatic nitrogens is 2. The molecule has 0 amide bonds. The Morgan fingerprint density at radius 1 is 1.24 bits per heavy atom. The Morgan fingerprint density at radius 2 is 2.06 bits per heavy atom. The smallest absolute Gasteiger partial charge is 0.239 e. The third-order valence-corrected chi connectivity index (χ3v) is 2.41. The van der Waals surface area contributed by atoms with Gasteiger partial charge >= 0.3 is 0 Å². The molecule has 0 bridgehead atoms. The summed E-state index contributed by atoms with van der Waals surface area (Å²) in [6, 6.07) is 7.91. The van der Waals surface area contributed by atoms with Gasteiger partial charge in [0.05, 0.1) is 11.6 Å². The van der Waals surface area contributed by atoms with Crippen molar-refractivity contribution in [2.75, 3.05) is 0 Å². The van der Waals surface area contributed by atoms with Crippen LogP contribution in [0.5, 0.6) is 11.6 Å². The first-order chi connectivity index (χ1) is 8.19. The molecule has 2 rings (SSSR count). The number of hydrogen-bond acceptors (Lipinski definition) is 3. The highest BCUT2D eigenvalue weighted by molar-refractivity contribution is 6.16. The molecule has 0 spiro atoms. The summed E-state index contributed by atoms with van der Waals surface area (Å²) in [7, 11) is 0. The molecule has 0 atom stereocenters. The van der Waals surface area contributed by atoms with E-state index in [1.54, 1.807) is 24.3 Å². The van der Waals surface area contributed by atoms with Gasteiger partial charge in [-0.05, 0) is 30.7 Å². The van der Waals surface area contributed by atoms with Crippen molar-refractivity contribution >= 4 is 11.6 Å². The van der Waals surface area contributed by atoms with Gasteiger partial charge in [-0.3, -0.25) is 0 Å². The van der Waals surface area contributed by atoms with Crippen molar-refractivity contribution < 1.29 is 9.13 Å². The van der Waals surface area contributed by atoms with E-state index in [1.807, 2.05) is 6.92 Å². The molecule has 17 heavy (non-hydrogen) atoms. The number of rotatable bonds is 3. The largest absolute Gasteiger partial charge is 0.434 e. The van der Waals surface area contributed by atoms with E-state index in [4.69, 9.17) is 16.3 Å². The van der Waals surface area contributed by atoms with E-state index < -0.39 is 5.82 Å². The summed E-state index contributed by atoms with van der Waals surface area (Å²) in [6.45, 7) is 1.86. The van der Waals surface area contributed by atoms with E-state index in [-0.39, 0.29) is 17.5 Å². The van der Waals surface area contributed by atoms with Crippen LogP contribution < -0.4 is 4.74 Å². The van der Waals surface area contributed by atoms with Crippen LogP contribution in [-0.4, -0.2) is 10.2 Å². The second-order valence-electron chi connectivity index (χ2n) is 3.53. The van der Waals surface area contributed by atoms with Crippen molar-refractivity contribution in [1.29, 1.82) is 0 Å². The van der Waals surface area contributed by atoms with Crippen molar-refractivity contribution in [2.24, 2.45) is 0 Å². The van der Waals surface area contributed by atoms with Crippen LogP contribution in [0, 0.1) is 12.7 Å². The summed E-state index contributed by atoms with van der Waals surface area (Å²) in [4.78, 5) is 0. The zero-order chi connectivity index (χ0) is 12.3. The third-order valence-electron chi connectivity index (χ3n) is 2.13. The minimum Gasteiger partial charge on any atom is -0.434 e. The first kappa shape index (κ1) is 11.8. The molecule has 1 aromatic heterocycles. The first-order valence-corrected chi connectivity index (χ1v) is 5.55. The molecule has 0 N–H and O–H groups in total. The second-order valence-corrected chi connectivity index (χ2v) is 3.80. The molecule has 0 saturated carbocycles. The number of aryl methyl sites for hydroxylation is 1. The van der Waals surface area contributed by atoms with Crippen molar-refractivity contribution in [3.05, 3.63) is 47.4 Å². The Bertz CT molecular complexity index is 516. The summed E-state index contributed by atoms with van der Waals surface area (Å²) in [5.74, 6) is 0.228. The lowest BCUT2D eigenvalue weighted by Gasteiger charge is -2.06. The van der Waals surface area contributed by atoms with Gasteiger partial charge in [-0.25, -0.2) is 4.39 Å². The number of benzene rings is 1. The van der Waals surface area contributed by atoms with Gasteiger partial charge in [-0.1, -0.05) is 6.07 Å². The zero-order valence-electron chi connectivity index (χ0n) is 9.15. The molecule has 0 aliphatic rings. The quantitative estimate of drug-likeness (QED) is 0.785. The summed E-state index contributed by atoms with van der Waals surface area (Å²) in [5.41, 5.74) is 1.55. The Morgan fingerprint density at radius 3 is 2.71 bits per heavy atom. The van der Waals surface area contributed by atoms with Crippen LogP contribution >= 0.6 is 11.6 Å². The van der Waals surface area contributed by atoms with Gasteiger partial charge in [0.2, 0.25) is 5.88 Å². The van der Waals surface area contributed by atoms with Crippen LogP contribution in [0.2, 0.25) is 0 Å². The summed E-state index contributed by atoms with van der Waals surface area (Å²) in [5, 5.41) is 7.61. The molecular formula is C12H10ClFN2O. The maximum atomic E-state index is 13.4. The molecule has 5 heteroatoms. The maximum Gasteiger partial charge on any atom is 0.239 e. The highest BCUT2D eigenvalue weighted by atomic mass is 35.5. The molecule has 1 heterocycles. The lowest BCUT2D eigenvalue weighted by Crippen LogP contribution is -1.95.